The molecular formula is C21H23N7O. The Bertz CT molecular complexity index is 1130. The van der Waals surface area contributed by atoms with Crippen LogP contribution in [0.2, 0.25) is 0 Å². The summed E-state index contributed by atoms with van der Waals surface area (Å²) >= 11 is 0. The van der Waals surface area contributed by atoms with Crippen LogP contribution in [0.15, 0.2) is 49.1 Å². The molecule has 148 valence electrons. The van der Waals surface area contributed by atoms with Crippen LogP contribution in [0.5, 0.6) is 5.88 Å². The average Bonchev–Trinajstić information content (AvgIpc) is 3.15. The first-order valence-electron chi connectivity index (χ1n) is 9.78. The summed E-state index contributed by atoms with van der Waals surface area (Å²) < 4.78 is 9.76. The van der Waals surface area contributed by atoms with Gasteiger partial charge < -0.3 is 10.1 Å². The molecular weight excluding hydrogens is 366 g/mol. The minimum atomic E-state index is 0.485. The van der Waals surface area contributed by atoms with Gasteiger partial charge in [0.25, 0.3) is 0 Å². The predicted molar refractivity (Wildman–Crippen MR) is 109 cm³/mol. The van der Waals surface area contributed by atoms with Gasteiger partial charge in [0, 0.05) is 55.1 Å². The van der Waals surface area contributed by atoms with Crippen molar-refractivity contribution in [2.24, 2.45) is 13.0 Å². The highest BCUT2D eigenvalue weighted by molar-refractivity contribution is 5.57. The summed E-state index contributed by atoms with van der Waals surface area (Å²) in [5.41, 5.74) is 3.95. The molecule has 1 aliphatic carbocycles. The van der Waals surface area contributed by atoms with Gasteiger partial charge in [-0.05, 0) is 25.5 Å². The Kier molecular flexibility index (Phi) is 4.38. The van der Waals surface area contributed by atoms with E-state index in [-0.39, 0.29) is 0 Å². The van der Waals surface area contributed by atoms with Crippen molar-refractivity contribution in [3.63, 3.8) is 0 Å². The molecule has 0 spiro atoms. The third-order valence-electron chi connectivity index (χ3n) is 5.37. The molecule has 0 amide bonds. The van der Waals surface area contributed by atoms with Crippen molar-refractivity contribution in [1.82, 2.24) is 29.4 Å². The number of nitrogens with one attached hydrogen (secondary N) is 1. The van der Waals surface area contributed by atoms with Gasteiger partial charge in [-0.25, -0.2) is 0 Å². The zero-order chi connectivity index (χ0) is 19.8. The SMILES string of the molecule is Cc1c(OCC2CC2c2ccccn2)nc2ccnn2c1NCc1cnn(C)c1. The van der Waals surface area contributed by atoms with E-state index in [4.69, 9.17) is 4.74 Å². The minimum absolute atomic E-state index is 0.485. The molecule has 4 aromatic heterocycles. The Hall–Kier alpha value is -3.42. The highest BCUT2D eigenvalue weighted by atomic mass is 16.5. The Morgan fingerprint density at radius 3 is 2.93 bits per heavy atom. The first kappa shape index (κ1) is 17.7. The van der Waals surface area contributed by atoms with E-state index in [9.17, 15) is 0 Å². The van der Waals surface area contributed by atoms with Crippen LogP contribution >= 0.6 is 0 Å². The van der Waals surface area contributed by atoms with E-state index in [1.165, 1.54) is 0 Å². The molecule has 0 radical (unpaired) electrons. The van der Waals surface area contributed by atoms with E-state index in [0.717, 1.165) is 34.7 Å². The number of anilines is 1. The number of pyridine rings is 1. The summed E-state index contributed by atoms with van der Waals surface area (Å²) in [4.78, 5) is 9.13. The van der Waals surface area contributed by atoms with Gasteiger partial charge in [-0.3, -0.25) is 9.67 Å². The van der Waals surface area contributed by atoms with Crippen LogP contribution in [-0.2, 0) is 13.6 Å². The van der Waals surface area contributed by atoms with Crippen molar-refractivity contribution in [1.29, 1.82) is 0 Å². The molecule has 1 saturated carbocycles. The predicted octanol–water partition coefficient (Wildman–Crippen LogP) is 2.96. The lowest BCUT2D eigenvalue weighted by Crippen LogP contribution is -2.11. The molecule has 1 fully saturated rings. The fourth-order valence-corrected chi connectivity index (χ4v) is 3.67. The Morgan fingerprint density at radius 2 is 2.14 bits per heavy atom. The highest BCUT2D eigenvalue weighted by Gasteiger charge is 2.40. The summed E-state index contributed by atoms with van der Waals surface area (Å²) in [6.45, 7) is 3.30. The van der Waals surface area contributed by atoms with Crippen LogP contribution in [0.1, 0.15) is 29.2 Å². The van der Waals surface area contributed by atoms with Gasteiger partial charge in [0.2, 0.25) is 5.88 Å². The van der Waals surface area contributed by atoms with Crippen molar-refractivity contribution < 1.29 is 4.74 Å². The largest absolute Gasteiger partial charge is 0.477 e. The molecule has 5 rings (SSSR count). The Morgan fingerprint density at radius 1 is 1.21 bits per heavy atom. The van der Waals surface area contributed by atoms with Gasteiger partial charge >= 0.3 is 0 Å². The van der Waals surface area contributed by atoms with Gasteiger partial charge in [-0.2, -0.15) is 19.7 Å². The van der Waals surface area contributed by atoms with Crippen LogP contribution in [0, 0.1) is 12.8 Å². The summed E-state index contributed by atoms with van der Waals surface area (Å²) in [6, 6.07) is 7.96. The molecule has 0 aromatic carbocycles. The summed E-state index contributed by atoms with van der Waals surface area (Å²) in [6.07, 6.45) is 8.55. The van der Waals surface area contributed by atoms with Crippen LogP contribution in [0.25, 0.3) is 5.65 Å². The number of nitrogens with zero attached hydrogens (tertiary/aromatic N) is 6. The maximum atomic E-state index is 6.15. The molecule has 8 nitrogen and oxygen atoms in total. The van der Waals surface area contributed by atoms with Gasteiger partial charge in [-0.1, -0.05) is 6.07 Å². The fourth-order valence-electron chi connectivity index (χ4n) is 3.67. The number of ether oxygens (including phenoxy) is 1. The topological polar surface area (TPSA) is 82.2 Å². The number of fused-ring (bicyclic) bond motifs is 1. The number of aryl methyl sites for hydroxylation is 1. The smallest absolute Gasteiger partial charge is 0.222 e. The van der Waals surface area contributed by atoms with E-state index < -0.39 is 0 Å². The Labute approximate surface area is 168 Å². The van der Waals surface area contributed by atoms with Crippen molar-refractivity contribution in [3.05, 3.63) is 65.9 Å². The van der Waals surface area contributed by atoms with Crippen LogP contribution < -0.4 is 10.1 Å². The quantitative estimate of drug-likeness (QED) is 0.523. The second kappa shape index (κ2) is 7.20. The third-order valence-corrected chi connectivity index (χ3v) is 5.37. The third kappa shape index (κ3) is 3.53. The lowest BCUT2D eigenvalue weighted by molar-refractivity contribution is 0.284. The maximum Gasteiger partial charge on any atom is 0.222 e. The fraction of sp³-hybridized carbons (Fsp3) is 0.333. The van der Waals surface area contributed by atoms with Gasteiger partial charge in [0.1, 0.15) is 5.82 Å². The molecule has 8 heteroatoms. The summed E-state index contributed by atoms with van der Waals surface area (Å²) in [5, 5.41) is 12.1. The average molecular weight is 389 g/mol. The normalized spacial score (nSPS) is 18.1. The van der Waals surface area contributed by atoms with Crippen LogP contribution in [-0.4, -0.2) is 36.0 Å². The second-order valence-corrected chi connectivity index (χ2v) is 7.54. The van der Waals surface area contributed by atoms with Crippen molar-refractivity contribution >= 4 is 11.5 Å². The lowest BCUT2D eigenvalue weighted by Gasteiger charge is -2.15. The summed E-state index contributed by atoms with van der Waals surface area (Å²) in [5.74, 6) is 2.51. The van der Waals surface area contributed by atoms with Gasteiger partial charge in [0.05, 0.1) is 24.6 Å². The van der Waals surface area contributed by atoms with Crippen LogP contribution in [0.4, 0.5) is 5.82 Å². The Balaban J connectivity index is 1.32. The lowest BCUT2D eigenvalue weighted by atomic mass is 10.2. The van der Waals surface area contributed by atoms with Crippen molar-refractivity contribution in [3.8, 4) is 5.88 Å². The monoisotopic (exact) mass is 389 g/mol. The van der Waals surface area contributed by atoms with Gasteiger partial charge in [0.15, 0.2) is 5.65 Å². The number of hydrogen-bond donors (Lipinski definition) is 1. The van der Waals surface area contributed by atoms with Crippen LogP contribution in [0.3, 0.4) is 0 Å². The van der Waals surface area contributed by atoms with E-state index >= 15 is 0 Å². The molecule has 0 saturated heterocycles. The second-order valence-electron chi connectivity index (χ2n) is 7.54. The molecule has 2 unspecified atom stereocenters. The number of aromatic nitrogens is 6. The molecule has 29 heavy (non-hydrogen) atoms. The number of hydrogen-bond acceptors (Lipinski definition) is 6. The molecule has 0 aliphatic heterocycles. The van der Waals surface area contributed by atoms with Crippen molar-refractivity contribution in [2.45, 2.75) is 25.8 Å². The molecule has 1 N–H and O–H groups in total. The van der Waals surface area contributed by atoms with Crippen molar-refractivity contribution in [2.75, 3.05) is 11.9 Å². The molecule has 4 heterocycles. The summed E-state index contributed by atoms with van der Waals surface area (Å²) in [7, 11) is 1.91. The zero-order valence-electron chi connectivity index (χ0n) is 16.5. The van der Waals surface area contributed by atoms with E-state index in [1.807, 2.05) is 55.3 Å². The standard InChI is InChI=1S/C21H23N7O/c1-14-20(23-10-15-11-25-27(2)12-15)28-19(6-8-24-28)26-21(14)29-13-16-9-17(16)18-5-3-4-7-22-18/h3-8,11-12,16-17,23H,9-10,13H2,1-2H3. The first-order valence-corrected chi connectivity index (χ1v) is 9.78. The molecule has 2 atom stereocenters. The van der Waals surface area contributed by atoms with Gasteiger partial charge in [-0.15, -0.1) is 0 Å². The maximum absolute atomic E-state index is 6.15. The highest BCUT2D eigenvalue weighted by Crippen LogP contribution is 2.46. The van der Waals surface area contributed by atoms with E-state index in [1.54, 1.807) is 10.9 Å². The van der Waals surface area contributed by atoms with E-state index in [2.05, 4.69) is 31.5 Å². The first-order chi connectivity index (χ1) is 14.2. The minimum Gasteiger partial charge on any atom is -0.477 e. The molecule has 1 aliphatic rings. The number of rotatable bonds is 7. The zero-order valence-corrected chi connectivity index (χ0v) is 16.5. The van der Waals surface area contributed by atoms with E-state index in [0.29, 0.717) is 30.9 Å². The molecule has 4 aromatic rings. The molecule has 0 bridgehead atoms.